The van der Waals surface area contributed by atoms with Crippen molar-refractivity contribution in [2.75, 3.05) is 5.73 Å². The van der Waals surface area contributed by atoms with Gasteiger partial charge in [-0.25, -0.2) is 8.78 Å². The summed E-state index contributed by atoms with van der Waals surface area (Å²) in [7, 11) is 0. The normalized spacial score (nSPS) is 10.6. The number of nitrogen functional groups attached to an aromatic ring is 1. The minimum Gasteiger partial charge on any atom is -0.399 e. The van der Waals surface area contributed by atoms with Gasteiger partial charge < -0.3 is 5.73 Å². The van der Waals surface area contributed by atoms with Gasteiger partial charge in [0.05, 0.1) is 0 Å². The van der Waals surface area contributed by atoms with Crippen molar-refractivity contribution in [1.82, 2.24) is 0 Å². The molecule has 94 valence electrons. The summed E-state index contributed by atoms with van der Waals surface area (Å²) in [4.78, 5) is 0.774. The van der Waals surface area contributed by atoms with Crippen LogP contribution in [0.15, 0.2) is 41.3 Å². The van der Waals surface area contributed by atoms with E-state index in [1.165, 1.54) is 36.0 Å². The molecule has 0 atom stereocenters. The van der Waals surface area contributed by atoms with Crippen LogP contribution in [-0.2, 0) is 5.75 Å². The Hall–Kier alpha value is -1.55. The SMILES string of the molecule is Cc1cc(F)ccc1CSc1cc(N)cc(F)c1. The van der Waals surface area contributed by atoms with Gasteiger partial charge in [-0.05, 0) is 48.4 Å². The Morgan fingerprint density at radius 2 is 1.83 bits per heavy atom. The first kappa shape index (κ1) is 12.9. The molecular weight excluding hydrogens is 252 g/mol. The number of hydrogen-bond acceptors (Lipinski definition) is 2. The van der Waals surface area contributed by atoms with E-state index in [-0.39, 0.29) is 11.6 Å². The predicted octanol–water partition coefficient (Wildman–Crippen LogP) is 4.15. The van der Waals surface area contributed by atoms with Crippen molar-refractivity contribution < 1.29 is 8.78 Å². The van der Waals surface area contributed by atoms with Gasteiger partial charge in [0.25, 0.3) is 0 Å². The summed E-state index contributed by atoms with van der Waals surface area (Å²) < 4.78 is 26.1. The molecule has 0 bridgehead atoms. The molecule has 18 heavy (non-hydrogen) atoms. The van der Waals surface area contributed by atoms with Crippen LogP contribution in [0, 0.1) is 18.6 Å². The quantitative estimate of drug-likeness (QED) is 0.666. The molecule has 0 unspecified atom stereocenters. The number of hydrogen-bond donors (Lipinski definition) is 1. The zero-order chi connectivity index (χ0) is 13.1. The van der Waals surface area contributed by atoms with Crippen LogP contribution in [0.2, 0.25) is 0 Å². The van der Waals surface area contributed by atoms with Gasteiger partial charge in [0, 0.05) is 16.3 Å². The standard InChI is InChI=1S/C14H13F2NS/c1-9-4-11(15)3-2-10(9)8-18-14-6-12(16)5-13(17)7-14/h2-7H,8,17H2,1H3. The second-order valence-corrected chi connectivity index (χ2v) is 5.13. The summed E-state index contributed by atoms with van der Waals surface area (Å²) in [6, 6.07) is 9.14. The van der Waals surface area contributed by atoms with E-state index in [0.29, 0.717) is 11.4 Å². The number of benzene rings is 2. The average molecular weight is 265 g/mol. The maximum absolute atomic E-state index is 13.1. The van der Waals surface area contributed by atoms with Gasteiger partial charge in [0.1, 0.15) is 11.6 Å². The smallest absolute Gasteiger partial charge is 0.126 e. The van der Waals surface area contributed by atoms with Gasteiger partial charge in [0.15, 0.2) is 0 Å². The largest absolute Gasteiger partial charge is 0.399 e. The van der Waals surface area contributed by atoms with Gasteiger partial charge in [-0.3, -0.25) is 0 Å². The molecule has 0 saturated carbocycles. The molecule has 0 fully saturated rings. The van der Waals surface area contributed by atoms with E-state index in [1.54, 1.807) is 12.1 Å². The Labute approximate surface area is 109 Å². The fourth-order valence-electron chi connectivity index (χ4n) is 1.65. The molecule has 0 amide bonds. The minimum absolute atomic E-state index is 0.240. The molecule has 2 N–H and O–H groups in total. The van der Waals surface area contributed by atoms with Gasteiger partial charge >= 0.3 is 0 Å². The Morgan fingerprint density at radius 1 is 1.06 bits per heavy atom. The molecule has 0 radical (unpaired) electrons. The molecule has 0 heterocycles. The molecular formula is C14H13F2NS. The molecule has 0 aliphatic rings. The van der Waals surface area contributed by atoms with E-state index >= 15 is 0 Å². The van der Waals surface area contributed by atoms with Gasteiger partial charge in [-0.1, -0.05) is 6.07 Å². The minimum atomic E-state index is -0.340. The molecule has 0 aliphatic heterocycles. The summed E-state index contributed by atoms with van der Waals surface area (Å²) in [6.07, 6.45) is 0. The van der Waals surface area contributed by atoms with E-state index in [2.05, 4.69) is 0 Å². The lowest BCUT2D eigenvalue weighted by Gasteiger charge is -2.06. The van der Waals surface area contributed by atoms with Crippen molar-refractivity contribution in [3.8, 4) is 0 Å². The Balaban J connectivity index is 2.11. The van der Waals surface area contributed by atoms with Crippen LogP contribution in [0.1, 0.15) is 11.1 Å². The maximum Gasteiger partial charge on any atom is 0.126 e. The molecule has 0 saturated heterocycles. The molecule has 2 rings (SSSR count). The summed E-state index contributed by atoms with van der Waals surface area (Å²) >= 11 is 1.48. The van der Waals surface area contributed by atoms with E-state index in [9.17, 15) is 8.78 Å². The molecule has 0 aliphatic carbocycles. The van der Waals surface area contributed by atoms with Gasteiger partial charge in [0.2, 0.25) is 0 Å². The third-order valence-corrected chi connectivity index (χ3v) is 3.62. The number of nitrogens with two attached hydrogens (primary N) is 1. The molecule has 0 aromatic heterocycles. The van der Waals surface area contributed by atoms with Crippen molar-refractivity contribution >= 4 is 17.4 Å². The highest BCUT2D eigenvalue weighted by Crippen LogP contribution is 2.27. The van der Waals surface area contributed by atoms with E-state index in [1.807, 2.05) is 6.92 Å². The van der Waals surface area contributed by atoms with Crippen LogP contribution in [0.5, 0.6) is 0 Å². The topological polar surface area (TPSA) is 26.0 Å². The summed E-state index contributed by atoms with van der Waals surface area (Å²) in [5, 5.41) is 0. The zero-order valence-electron chi connectivity index (χ0n) is 9.91. The third kappa shape index (κ3) is 3.23. The Kier molecular flexibility index (Phi) is 3.87. The van der Waals surface area contributed by atoms with Gasteiger partial charge in [-0.2, -0.15) is 0 Å². The van der Waals surface area contributed by atoms with Crippen molar-refractivity contribution in [2.24, 2.45) is 0 Å². The van der Waals surface area contributed by atoms with Crippen LogP contribution in [0.4, 0.5) is 14.5 Å². The monoisotopic (exact) mass is 265 g/mol. The first-order valence-corrected chi connectivity index (χ1v) is 6.47. The second-order valence-electron chi connectivity index (χ2n) is 4.08. The van der Waals surface area contributed by atoms with E-state index in [0.717, 1.165) is 16.0 Å². The van der Waals surface area contributed by atoms with E-state index in [4.69, 9.17) is 5.73 Å². The summed E-state index contributed by atoms with van der Waals surface area (Å²) in [5.74, 6) is 0.0826. The van der Waals surface area contributed by atoms with Crippen LogP contribution < -0.4 is 5.73 Å². The van der Waals surface area contributed by atoms with E-state index < -0.39 is 0 Å². The number of thioether (sulfide) groups is 1. The molecule has 2 aromatic carbocycles. The average Bonchev–Trinajstić information content (AvgIpc) is 2.26. The number of anilines is 1. The van der Waals surface area contributed by atoms with Crippen LogP contribution >= 0.6 is 11.8 Å². The molecule has 1 nitrogen and oxygen atoms in total. The Bertz CT molecular complexity index is 549. The molecule has 4 heteroatoms. The third-order valence-electron chi connectivity index (χ3n) is 2.59. The highest BCUT2D eigenvalue weighted by Gasteiger charge is 2.03. The summed E-state index contributed by atoms with van der Waals surface area (Å²) in [5.41, 5.74) is 7.91. The fourth-order valence-corrected chi connectivity index (χ4v) is 2.71. The van der Waals surface area contributed by atoms with Crippen LogP contribution in [0.3, 0.4) is 0 Å². The van der Waals surface area contributed by atoms with Crippen molar-refractivity contribution in [1.29, 1.82) is 0 Å². The molecule has 0 spiro atoms. The lowest BCUT2D eigenvalue weighted by Crippen LogP contribution is -1.90. The highest BCUT2D eigenvalue weighted by atomic mass is 32.2. The summed E-state index contributed by atoms with van der Waals surface area (Å²) in [6.45, 7) is 1.86. The fraction of sp³-hybridized carbons (Fsp3) is 0.143. The lowest BCUT2D eigenvalue weighted by molar-refractivity contribution is 0.625. The predicted molar refractivity (Wildman–Crippen MR) is 71.5 cm³/mol. The first-order valence-electron chi connectivity index (χ1n) is 5.48. The molecule has 2 aromatic rings. The Morgan fingerprint density at radius 3 is 2.50 bits per heavy atom. The number of rotatable bonds is 3. The van der Waals surface area contributed by atoms with Crippen molar-refractivity contribution in [3.05, 3.63) is 59.2 Å². The zero-order valence-corrected chi connectivity index (χ0v) is 10.7. The van der Waals surface area contributed by atoms with Crippen LogP contribution in [-0.4, -0.2) is 0 Å². The first-order chi connectivity index (χ1) is 8.54. The highest BCUT2D eigenvalue weighted by molar-refractivity contribution is 7.98. The van der Waals surface area contributed by atoms with Crippen molar-refractivity contribution in [3.63, 3.8) is 0 Å². The lowest BCUT2D eigenvalue weighted by atomic mass is 10.1. The number of halogens is 2. The second kappa shape index (κ2) is 5.40. The number of aryl methyl sites for hydroxylation is 1. The van der Waals surface area contributed by atoms with Crippen LogP contribution in [0.25, 0.3) is 0 Å². The van der Waals surface area contributed by atoms with Crippen molar-refractivity contribution in [2.45, 2.75) is 17.6 Å². The maximum atomic E-state index is 13.1. The van der Waals surface area contributed by atoms with Gasteiger partial charge in [-0.15, -0.1) is 11.8 Å².